The maximum Gasteiger partial charge on any atom is 0.326 e. The van der Waals surface area contributed by atoms with E-state index in [9.17, 15) is 18.8 Å². The fraction of sp³-hybridized carbons (Fsp3) is 0.316. The van der Waals surface area contributed by atoms with Crippen molar-refractivity contribution in [3.05, 3.63) is 52.0 Å². The number of thiophene rings is 1. The number of anilines is 1. The van der Waals surface area contributed by atoms with Crippen LogP contribution in [0.1, 0.15) is 30.2 Å². The maximum atomic E-state index is 13.8. The molecule has 1 saturated heterocycles. The van der Waals surface area contributed by atoms with E-state index in [0.717, 1.165) is 28.2 Å². The molecule has 0 saturated carbocycles. The number of imide groups is 1. The van der Waals surface area contributed by atoms with Gasteiger partial charge in [-0.1, -0.05) is 12.1 Å². The van der Waals surface area contributed by atoms with Crippen molar-refractivity contribution in [3.8, 4) is 0 Å². The van der Waals surface area contributed by atoms with Crippen molar-refractivity contribution in [1.29, 1.82) is 0 Å². The molecule has 6 nitrogen and oxygen atoms in total. The van der Waals surface area contributed by atoms with Gasteiger partial charge in [-0.15, -0.1) is 11.3 Å². The normalized spacial score (nSPS) is 22.5. The van der Waals surface area contributed by atoms with Gasteiger partial charge in [-0.25, -0.2) is 14.1 Å². The van der Waals surface area contributed by atoms with Crippen molar-refractivity contribution >= 4 is 34.9 Å². The molecule has 2 atom stereocenters. The molecule has 4 amide bonds. The van der Waals surface area contributed by atoms with Crippen LogP contribution in [-0.2, 0) is 21.5 Å². The topological polar surface area (TPSA) is 78.5 Å². The van der Waals surface area contributed by atoms with E-state index >= 15 is 0 Å². The summed E-state index contributed by atoms with van der Waals surface area (Å²) >= 11 is 1.57. The Labute approximate surface area is 159 Å². The van der Waals surface area contributed by atoms with E-state index in [0.29, 0.717) is 6.42 Å². The third-order valence-electron chi connectivity index (χ3n) is 5.18. The van der Waals surface area contributed by atoms with Gasteiger partial charge in [-0.05, 0) is 49.8 Å². The van der Waals surface area contributed by atoms with Crippen LogP contribution in [-0.4, -0.2) is 28.8 Å². The van der Waals surface area contributed by atoms with E-state index in [1.54, 1.807) is 17.4 Å². The molecule has 2 aromatic rings. The highest BCUT2D eigenvalue weighted by Crippen LogP contribution is 2.42. The van der Waals surface area contributed by atoms with Crippen molar-refractivity contribution in [2.45, 2.75) is 37.8 Å². The van der Waals surface area contributed by atoms with Crippen molar-refractivity contribution in [3.63, 3.8) is 0 Å². The second-order valence-electron chi connectivity index (χ2n) is 6.77. The van der Waals surface area contributed by atoms with Crippen LogP contribution in [0.2, 0.25) is 0 Å². The summed E-state index contributed by atoms with van der Waals surface area (Å²) in [4.78, 5) is 40.4. The van der Waals surface area contributed by atoms with E-state index in [4.69, 9.17) is 0 Å². The molecule has 4 rings (SSSR count). The Hall–Kier alpha value is -2.74. The zero-order valence-corrected chi connectivity index (χ0v) is 15.4. The van der Waals surface area contributed by atoms with Crippen LogP contribution in [0.3, 0.4) is 0 Å². The molecule has 0 unspecified atom stereocenters. The minimum atomic E-state index is -1.10. The highest BCUT2D eigenvalue weighted by Gasteiger charge is 2.56. The Morgan fingerprint density at radius 1 is 1.33 bits per heavy atom. The number of aryl methyl sites for hydroxylation is 1. The van der Waals surface area contributed by atoms with Crippen LogP contribution in [0.15, 0.2) is 35.7 Å². The van der Waals surface area contributed by atoms with Crippen LogP contribution < -0.4 is 10.6 Å². The molecule has 2 heterocycles. The molecule has 8 heteroatoms. The minimum absolute atomic E-state index is 0.00824. The molecule has 2 aliphatic rings. The summed E-state index contributed by atoms with van der Waals surface area (Å²) < 4.78 is 13.8. The molecule has 1 aromatic carbocycles. The minimum Gasteiger partial charge on any atom is -0.322 e. The lowest BCUT2D eigenvalue weighted by Crippen LogP contribution is -2.49. The lowest BCUT2D eigenvalue weighted by Gasteiger charge is -2.31. The van der Waals surface area contributed by atoms with Crippen molar-refractivity contribution in [1.82, 2.24) is 10.2 Å². The summed E-state index contributed by atoms with van der Waals surface area (Å²) in [5.41, 5.74) is -0.271. The molecular formula is C19H18FN3O3S. The number of halogens is 1. The highest BCUT2D eigenvalue weighted by atomic mass is 32.1. The monoisotopic (exact) mass is 387 g/mol. The molecule has 0 radical (unpaired) electrons. The first-order valence-corrected chi connectivity index (χ1v) is 9.60. The first-order valence-electron chi connectivity index (χ1n) is 8.72. The molecule has 1 aliphatic heterocycles. The number of benzene rings is 1. The highest BCUT2D eigenvalue weighted by molar-refractivity contribution is 7.10. The average molecular weight is 387 g/mol. The van der Waals surface area contributed by atoms with E-state index < -0.39 is 35.2 Å². The van der Waals surface area contributed by atoms with Gasteiger partial charge in [0.1, 0.15) is 17.4 Å². The van der Waals surface area contributed by atoms with Gasteiger partial charge in [-0.2, -0.15) is 0 Å². The van der Waals surface area contributed by atoms with Gasteiger partial charge in [0.05, 0.1) is 5.69 Å². The zero-order valence-electron chi connectivity index (χ0n) is 14.6. The summed E-state index contributed by atoms with van der Waals surface area (Å²) in [6.45, 7) is 1.46. The summed E-state index contributed by atoms with van der Waals surface area (Å²) in [7, 11) is 0. The Kier molecular flexibility index (Phi) is 4.22. The van der Waals surface area contributed by atoms with Crippen LogP contribution >= 0.6 is 11.3 Å². The molecule has 1 fully saturated rings. The molecule has 1 aromatic heterocycles. The number of urea groups is 1. The Balaban J connectivity index is 1.60. The third-order valence-corrected chi connectivity index (χ3v) is 6.16. The zero-order chi connectivity index (χ0) is 19.2. The predicted molar refractivity (Wildman–Crippen MR) is 98.8 cm³/mol. The van der Waals surface area contributed by atoms with Crippen LogP contribution in [0, 0.1) is 5.82 Å². The summed E-state index contributed by atoms with van der Waals surface area (Å²) in [6, 6.07) is 5.94. The first-order chi connectivity index (χ1) is 12.9. The second-order valence-corrected chi connectivity index (χ2v) is 7.77. The molecular weight excluding hydrogens is 369 g/mol. The summed E-state index contributed by atoms with van der Waals surface area (Å²) in [5.74, 6) is -1.63. The number of amides is 4. The van der Waals surface area contributed by atoms with Gasteiger partial charge in [0.2, 0.25) is 5.91 Å². The number of carbonyl (C=O) groups excluding carboxylic acids is 3. The van der Waals surface area contributed by atoms with Gasteiger partial charge < -0.3 is 10.6 Å². The largest absolute Gasteiger partial charge is 0.326 e. The number of nitrogens with zero attached hydrogens (tertiary/aromatic N) is 1. The van der Waals surface area contributed by atoms with E-state index in [2.05, 4.69) is 10.6 Å². The smallest absolute Gasteiger partial charge is 0.322 e. The van der Waals surface area contributed by atoms with Crippen molar-refractivity contribution in [2.75, 3.05) is 5.32 Å². The summed E-state index contributed by atoms with van der Waals surface area (Å²) in [6.07, 6.45) is 2.16. The standard InChI is InChI=1S/C19H18FN3O3S/c1-11(16(24)21-14-6-3-2-5-13(14)20)23-17(25)19(22-18(23)26)9-4-7-15-12(19)8-10-27-15/h2-3,5-6,8,10-11H,4,7,9H2,1H3,(H,21,24)(H,22,26)/t11-,19+/m1/s1. The Morgan fingerprint density at radius 2 is 2.11 bits per heavy atom. The SMILES string of the molecule is C[C@H](C(=O)Nc1ccccc1F)N1C(=O)N[C@]2(CCCc3sccc32)C1=O. The molecule has 140 valence electrons. The quantitative estimate of drug-likeness (QED) is 0.795. The van der Waals surface area contributed by atoms with E-state index in [1.807, 2.05) is 11.4 Å². The van der Waals surface area contributed by atoms with Gasteiger partial charge in [-0.3, -0.25) is 9.59 Å². The second kappa shape index (κ2) is 6.45. The van der Waals surface area contributed by atoms with Gasteiger partial charge >= 0.3 is 6.03 Å². The fourth-order valence-corrected chi connectivity index (χ4v) is 4.78. The van der Waals surface area contributed by atoms with Crippen LogP contribution in [0.4, 0.5) is 14.9 Å². The van der Waals surface area contributed by atoms with Crippen LogP contribution in [0.5, 0.6) is 0 Å². The number of nitrogens with one attached hydrogen (secondary N) is 2. The van der Waals surface area contributed by atoms with Crippen molar-refractivity contribution < 1.29 is 18.8 Å². The first kappa shape index (κ1) is 17.7. The number of carbonyl (C=O) groups is 3. The van der Waals surface area contributed by atoms with Gasteiger partial charge in [0.15, 0.2) is 0 Å². The van der Waals surface area contributed by atoms with Crippen molar-refractivity contribution in [2.24, 2.45) is 0 Å². The third kappa shape index (κ3) is 2.71. The Bertz CT molecular complexity index is 944. The Morgan fingerprint density at radius 3 is 2.89 bits per heavy atom. The van der Waals surface area contributed by atoms with Gasteiger partial charge in [0, 0.05) is 10.4 Å². The number of rotatable bonds is 3. The van der Waals surface area contributed by atoms with E-state index in [1.165, 1.54) is 25.1 Å². The molecule has 1 aliphatic carbocycles. The molecule has 2 N–H and O–H groups in total. The maximum absolute atomic E-state index is 13.8. The molecule has 0 bridgehead atoms. The number of fused-ring (bicyclic) bond motifs is 2. The number of hydrogen-bond acceptors (Lipinski definition) is 4. The lowest BCUT2D eigenvalue weighted by molar-refractivity contribution is -0.137. The number of para-hydroxylation sites is 1. The lowest BCUT2D eigenvalue weighted by atomic mass is 9.80. The van der Waals surface area contributed by atoms with Gasteiger partial charge in [0.25, 0.3) is 5.91 Å². The molecule has 1 spiro atoms. The predicted octanol–water partition coefficient (Wildman–Crippen LogP) is 3.00. The van der Waals surface area contributed by atoms with Crippen LogP contribution in [0.25, 0.3) is 0 Å². The fourth-order valence-electron chi connectivity index (χ4n) is 3.78. The van der Waals surface area contributed by atoms with E-state index in [-0.39, 0.29) is 5.69 Å². The molecule has 27 heavy (non-hydrogen) atoms. The number of hydrogen-bond donors (Lipinski definition) is 2. The summed E-state index contributed by atoms with van der Waals surface area (Å²) in [5, 5.41) is 7.17. The average Bonchev–Trinajstić information content (AvgIpc) is 3.21.